The molecular formula is C23H31N3O3. The molecule has 1 fully saturated rings. The zero-order valence-corrected chi connectivity index (χ0v) is 17.3. The average Bonchev–Trinajstić information content (AvgIpc) is 3.44. The molecule has 3 rings (SSSR count). The summed E-state index contributed by atoms with van der Waals surface area (Å²) in [6, 6.07) is 13.1. The van der Waals surface area contributed by atoms with Crippen molar-refractivity contribution in [3.05, 3.63) is 60.1 Å². The molecule has 1 aliphatic rings. The van der Waals surface area contributed by atoms with Gasteiger partial charge in [-0.05, 0) is 43.6 Å². The molecule has 0 spiro atoms. The molecule has 2 amide bonds. The zero-order valence-electron chi connectivity index (χ0n) is 17.3. The predicted molar refractivity (Wildman–Crippen MR) is 112 cm³/mol. The molecule has 6 heteroatoms. The Balaban J connectivity index is 1.61. The van der Waals surface area contributed by atoms with Crippen molar-refractivity contribution >= 4 is 11.8 Å². The van der Waals surface area contributed by atoms with Crippen molar-refractivity contribution in [3.63, 3.8) is 0 Å². The first-order valence-electron chi connectivity index (χ1n) is 10.5. The fraction of sp³-hybridized carbons (Fsp3) is 0.478. The molecule has 1 aliphatic heterocycles. The number of hydrogen-bond acceptors (Lipinski definition) is 4. The Morgan fingerprint density at radius 2 is 1.93 bits per heavy atom. The van der Waals surface area contributed by atoms with Crippen LogP contribution >= 0.6 is 0 Å². The first-order chi connectivity index (χ1) is 14.1. The van der Waals surface area contributed by atoms with Crippen molar-refractivity contribution in [2.45, 2.75) is 45.2 Å². The molecule has 2 aromatic rings. The molecule has 1 aromatic heterocycles. The van der Waals surface area contributed by atoms with Crippen LogP contribution in [0.25, 0.3) is 0 Å². The van der Waals surface area contributed by atoms with Gasteiger partial charge in [0, 0.05) is 13.1 Å². The van der Waals surface area contributed by atoms with Crippen molar-refractivity contribution in [1.29, 1.82) is 0 Å². The Kier molecular flexibility index (Phi) is 7.47. The molecule has 29 heavy (non-hydrogen) atoms. The summed E-state index contributed by atoms with van der Waals surface area (Å²) >= 11 is 0. The van der Waals surface area contributed by atoms with Gasteiger partial charge in [-0.1, -0.05) is 44.2 Å². The third-order valence-corrected chi connectivity index (χ3v) is 5.67. The topological polar surface area (TPSA) is 65.8 Å². The molecule has 156 valence electrons. The van der Waals surface area contributed by atoms with Crippen LogP contribution in [0.1, 0.15) is 44.1 Å². The van der Waals surface area contributed by atoms with Crippen LogP contribution in [0.3, 0.4) is 0 Å². The Labute approximate surface area is 172 Å². The molecule has 0 aliphatic carbocycles. The van der Waals surface area contributed by atoms with Crippen molar-refractivity contribution in [2.24, 2.45) is 0 Å². The third-order valence-electron chi connectivity index (χ3n) is 5.67. The van der Waals surface area contributed by atoms with Gasteiger partial charge in [-0.2, -0.15) is 0 Å². The Morgan fingerprint density at radius 1 is 1.17 bits per heavy atom. The van der Waals surface area contributed by atoms with Gasteiger partial charge in [-0.25, -0.2) is 0 Å². The first-order valence-corrected chi connectivity index (χ1v) is 10.5. The van der Waals surface area contributed by atoms with E-state index < -0.39 is 0 Å². The van der Waals surface area contributed by atoms with Crippen LogP contribution < -0.4 is 5.32 Å². The second-order valence-corrected chi connectivity index (χ2v) is 7.41. The van der Waals surface area contributed by atoms with Crippen molar-refractivity contribution in [1.82, 2.24) is 15.1 Å². The highest BCUT2D eigenvalue weighted by atomic mass is 16.3. The highest BCUT2D eigenvalue weighted by Crippen LogP contribution is 2.22. The minimum Gasteiger partial charge on any atom is -0.468 e. The maximum atomic E-state index is 12.9. The summed E-state index contributed by atoms with van der Waals surface area (Å²) in [5.74, 6) is 0.783. The quantitative estimate of drug-likeness (QED) is 0.706. The lowest BCUT2D eigenvalue weighted by Gasteiger charge is -2.29. The summed E-state index contributed by atoms with van der Waals surface area (Å²) in [5, 5.41) is 3.08. The Hall–Kier alpha value is -2.60. The molecule has 6 nitrogen and oxygen atoms in total. The van der Waals surface area contributed by atoms with E-state index in [0.29, 0.717) is 25.9 Å². The van der Waals surface area contributed by atoms with Gasteiger partial charge in [0.15, 0.2) is 0 Å². The maximum Gasteiger partial charge on any atom is 0.242 e. The minimum absolute atomic E-state index is 0.0141. The molecule has 1 N–H and O–H groups in total. The summed E-state index contributed by atoms with van der Waals surface area (Å²) < 4.78 is 5.61. The first kappa shape index (κ1) is 21.1. The second kappa shape index (κ2) is 10.3. The molecule has 0 radical (unpaired) electrons. The largest absolute Gasteiger partial charge is 0.468 e. The number of benzene rings is 1. The summed E-state index contributed by atoms with van der Waals surface area (Å²) in [7, 11) is 0. The minimum atomic E-state index is -0.389. The summed E-state index contributed by atoms with van der Waals surface area (Å²) in [4.78, 5) is 29.7. The van der Waals surface area contributed by atoms with Crippen LogP contribution in [0.15, 0.2) is 53.1 Å². The lowest BCUT2D eigenvalue weighted by molar-refractivity contribution is -0.138. The number of likely N-dealkylation sites (N-methyl/N-ethyl adjacent to an activating group) is 1. The van der Waals surface area contributed by atoms with Crippen LogP contribution in [-0.4, -0.2) is 53.8 Å². The molecule has 0 saturated carbocycles. The van der Waals surface area contributed by atoms with E-state index in [-0.39, 0.29) is 23.9 Å². The smallest absolute Gasteiger partial charge is 0.242 e. The van der Waals surface area contributed by atoms with Crippen LogP contribution in [0.4, 0.5) is 0 Å². The monoisotopic (exact) mass is 397 g/mol. The number of nitrogens with zero attached hydrogens (tertiary/aromatic N) is 2. The average molecular weight is 398 g/mol. The fourth-order valence-electron chi connectivity index (χ4n) is 4.08. The van der Waals surface area contributed by atoms with Gasteiger partial charge in [0.05, 0.1) is 18.7 Å². The van der Waals surface area contributed by atoms with Gasteiger partial charge < -0.3 is 14.6 Å². The Morgan fingerprint density at radius 3 is 2.59 bits per heavy atom. The van der Waals surface area contributed by atoms with Gasteiger partial charge in [0.2, 0.25) is 11.8 Å². The van der Waals surface area contributed by atoms with Crippen LogP contribution in [0.2, 0.25) is 0 Å². The Bertz CT molecular complexity index is 772. The normalized spacial score (nSPS) is 17.5. The molecule has 1 aromatic carbocycles. The van der Waals surface area contributed by atoms with E-state index in [1.165, 1.54) is 0 Å². The van der Waals surface area contributed by atoms with Gasteiger partial charge in [0.25, 0.3) is 0 Å². The lowest BCUT2D eigenvalue weighted by atomic mass is 10.1. The van der Waals surface area contributed by atoms with Gasteiger partial charge in [-0.15, -0.1) is 0 Å². The summed E-state index contributed by atoms with van der Waals surface area (Å²) in [6.45, 7) is 7.03. The number of carbonyl (C=O) groups is 2. The lowest BCUT2D eigenvalue weighted by Crippen LogP contribution is -2.48. The SMILES string of the molecule is CCN(CC)C(CNC(=O)C1CCCN1C(=O)Cc1ccccc1)c1ccco1. The zero-order chi connectivity index (χ0) is 20.6. The number of nitrogens with one attached hydrogen (secondary N) is 1. The van der Waals surface area contributed by atoms with E-state index >= 15 is 0 Å². The number of likely N-dealkylation sites (tertiary alicyclic amines) is 1. The van der Waals surface area contributed by atoms with Crippen molar-refractivity contribution in [2.75, 3.05) is 26.2 Å². The second-order valence-electron chi connectivity index (χ2n) is 7.41. The highest BCUT2D eigenvalue weighted by Gasteiger charge is 2.34. The van der Waals surface area contributed by atoms with E-state index in [4.69, 9.17) is 4.42 Å². The predicted octanol–water partition coefficient (Wildman–Crippen LogP) is 3.01. The van der Waals surface area contributed by atoms with Crippen molar-refractivity contribution < 1.29 is 14.0 Å². The molecule has 1 saturated heterocycles. The molecule has 2 unspecified atom stereocenters. The van der Waals surface area contributed by atoms with Crippen LogP contribution in [0.5, 0.6) is 0 Å². The summed E-state index contributed by atoms with van der Waals surface area (Å²) in [5.41, 5.74) is 0.975. The fourth-order valence-corrected chi connectivity index (χ4v) is 4.08. The van der Waals surface area contributed by atoms with Crippen LogP contribution in [-0.2, 0) is 16.0 Å². The van der Waals surface area contributed by atoms with Gasteiger partial charge in [-0.3, -0.25) is 14.5 Å². The number of furan rings is 1. The van der Waals surface area contributed by atoms with E-state index in [2.05, 4.69) is 24.1 Å². The molecule has 2 atom stereocenters. The van der Waals surface area contributed by atoms with Crippen LogP contribution in [0, 0.1) is 0 Å². The molecular weight excluding hydrogens is 366 g/mol. The van der Waals surface area contributed by atoms with E-state index in [9.17, 15) is 9.59 Å². The maximum absolute atomic E-state index is 12.9. The number of carbonyl (C=O) groups excluding carboxylic acids is 2. The molecule has 2 heterocycles. The van der Waals surface area contributed by atoms with E-state index in [1.54, 1.807) is 11.2 Å². The molecule has 0 bridgehead atoms. The van der Waals surface area contributed by atoms with Gasteiger partial charge >= 0.3 is 0 Å². The van der Waals surface area contributed by atoms with Crippen molar-refractivity contribution in [3.8, 4) is 0 Å². The number of rotatable bonds is 9. The third kappa shape index (κ3) is 5.26. The number of hydrogen-bond donors (Lipinski definition) is 1. The summed E-state index contributed by atoms with van der Waals surface area (Å²) in [6.07, 6.45) is 3.56. The van der Waals surface area contributed by atoms with Gasteiger partial charge in [0.1, 0.15) is 11.8 Å². The number of amides is 2. The van der Waals surface area contributed by atoms with E-state index in [1.807, 2.05) is 42.5 Å². The standard InChI is InChI=1S/C23H31N3O3/c1-3-25(4-2)20(21-13-9-15-29-21)17-24-23(28)19-12-8-14-26(19)22(27)16-18-10-6-5-7-11-18/h5-7,9-11,13,15,19-20H,3-4,8,12,14,16-17H2,1-2H3,(H,24,28). The highest BCUT2D eigenvalue weighted by molar-refractivity contribution is 5.89. The van der Waals surface area contributed by atoms with E-state index in [0.717, 1.165) is 30.8 Å².